The molecule has 2 aromatic heterocycles. The summed E-state index contributed by atoms with van der Waals surface area (Å²) in [6, 6.07) is 9.28. The van der Waals surface area contributed by atoms with Gasteiger partial charge in [0.1, 0.15) is 5.82 Å². The first kappa shape index (κ1) is 14.0. The lowest BCUT2D eigenvalue weighted by Crippen LogP contribution is -2.28. The minimum absolute atomic E-state index is 0.613. The van der Waals surface area contributed by atoms with E-state index in [0.717, 1.165) is 22.2 Å². The fraction of sp³-hybridized carbons (Fsp3) is 0.0588. The molecule has 1 unspecified atom stereocenters. The number of aromatic nitrogens is 3. The maximum Gasteiger partial charge on any atom is 0.154 e. The second-order valence-corrected chi connectivity index (χ2v) is 5.69. The molecular weight excluding hydrogens is 312 g/mol. The number of nitrogens with one attached hydrogen (secondary N) is 2. The number of aliphatic hydroxyl groups is 1. The minimum Gasteiger partial charge on any atom is -0.369 e. The number of rotatable bonds is 2. The predicted molar refractivity (Wildman–Crippen MR) is 90.4 cm³/mol. The molecule has 4 rings (SSSR count). The van der Waals surface area contributed by atoms with Crippen molar-refractivity contribution in [1.29, 1.82) is 0 Å². The van der Waals surface area contributed by atoms with Gasteiger partial charge in [0, 0.05) is 29.2 Å². The molecule has 1 aliphatic rings. The van der Waals surface area contributed by atoms with Crippen molar-refractivity contribution in [2.24, 2.45) is 0 Å². The van der Waals surface area contributed by atoms with Crippen molar-refractivity contribution in [3.63, 3.8) is 0 Å². The number of nitrogens with zero attached hydrogens (tertiary/aromatic N) is 2. The summed E-state index contributed by atoms with van der Waals surface area (Å²) in [5.41, 5.74) is 4.27. The summed E-state index contributed by atoms with van der Waals surface area (Å²) in [6.07, 6.45) is 6.34. The molecule has 0 radical (unpaired) electrons. The van der Waals surface area contributed by atoms with E-state index in [1.54, 1.807) is 24.7 Å². The van der Waals surface area contributed by atoms with Crippen molar-refractivity contribution in [2.75, 3.05) is 0 Å². The largest absolute Gasteiger partial charge is 0.369 e. The summed E-state index contributed by atoms with van der Waals surface area (Å²) in [5.74, 6) is 0.613. The average molecular weight is 325 g/mol. The summed E-state index contributed by atoms with van der Waals surface area (Å²) < 4.78 is 0. The number of hydrogen-bond acceptors (Lipinski definition) is 4. The number of aromatic amines is 1. The van der Waals surface area contributed by atoms with Gasteiger partial charge >= 0.3 is 0 Å². The lowest BCUT2D eigenvalue weighted by atomic mass is 10.0. The Kier molecular flexibility index (Phi) is 3.37. The van der Waals surface area contributed by atoms with E-state index in [9.17, 15) is 5.11 Å². The standard InChI is InChI=1S/C17H13ClN4O/c18-12-1-2-14-15(8-12)22-16(21-14)13-7-11(9-20-17(13)23)10-3-5-19-6-4-10/h1-9,17,20,23H,(H,21,22). The fourth-order valence-electron chi connectivity index (χ4n) is 2.57. The van der Waals surface area contributed by atoms with Crippen LogP contribution in [0.25, 0.3) is 22.2 Å². The van der Waals surface area contributed by atoms with E-state index in [4.69, 9.17) is 11.6 Å². The Bertz CT molecular complexity index is 930. The number of pyridine rings is 1. The molecule has 0 saturated carbocycles. The van der Waals surface area contributed by atoms with Crippen molar-refractivity contribution < 1.29 is 5.11 Å². The third kappa shape index (κ3) is 2.60. The lowest BCUT2D eigenvalue weighted by molar-refractivity contribution is 0.210. The Morgan fingerprint density at radius 2 is 1.96 bits per heavy atom. The number of fused-ring (bicyclic) bond motifs is 1. The first-order valence-corrected chi connectivity index (χ1v) is 7.50. The lowest BCUT2D eigenvalue weighted by Gasteiger charge is -2.20. The highest BCUT2D eigenvalue weighted by Gasteiger charge is 2.20. The molecule has 1 atom stereocenters. The van der Waals surface area contributed by atoms with E-state index < -0.39 is 6.23 Å². The summed E-state index contributed by atoms with van der Waals surface area (Å²) in [6.45, 7) is 0. The molecule has 3 heterocycles. The van der Waals surface area contributed by atoms with Gasteiger partial charge in [-0.15, -0.1) is 0 Å². The molecule has 23 heavy (non-hydrogen) atoms. The summed E-state index contributed by atoms with van der Waals surface area (Å²) >= 11 is 6.01. The van der Waals surface area contributed by atoms with Crippen LogP contribution in [0, 0.1) is 0 Å². The molecule has 3 N–H and O–H groups in total. The summed E-state index contributed by atoms with van der Waals surface area (Å²) in [5, 5.41) is 13.8. The van der Waals surface area contributed by atoms with Crippen molar-refractivity contribution in [2.45, 2.75) is 6.23 Å². The Labute approximate surface area is 137 Å². The number of aliphatic hydroxyl groups excluding tert-OH is 1. The predicted octanol–water partition coefficient (Wildman–Crippen LogP) is 2.96. The quantitative estimate of drug-likeness (QED) is 0.677. The van der Waals surface area contributed by atoms with Gasteiger partial charge in [-0.05, 0) is 47.5 Å². The van der Waals surface area contributed by atoms with Crippen LogP contribution in [0.5, 0.6) is 0 Å². The number of hydrogen-bond donors (Lipinski definition) is 3. The zero-order valence-electron chi connectivity index (χ0n) is 12.0. The van der Waals surface area contributed by atoms with Gasteiger partial charge in [-0.25, -0.2) is 4.98 Å². The Balaban J connectivity index is 1.78. The van der Waals surface area contributed by atoms with Gasteiger partial charge in [-0.2, -0.15) is 0 Å². The first-order chi connectivity index (χ1) is 11.2. The van der Waals surface area contributed by atoms with Crippen LogP contribution >= 0.6 is 11.6 Å². The maximum atomic E-state index is 10.2. The SMILES string of the molecule is OC1NC=C(c2ccncc2)C=C1c1nc2ccc(Cl)cc2[nH]1. The fourth-order valence-corrected chi connectivity index (χ4v) is 2.75. The molecule has 0 amide bonds. The topological polar surface area (TPSA) is 73.8 Å². The highest BCUT2D eigenvalue weighted by Crippen LogP contribution is 2.27. The average Bonchev–Trinajstić information content (AvgIpc) is 2.99. The van der Waals surface area contributed by atoms with Crippen LogP contribution < -0.4 is 5.32 Å². The van der Waals surface area contributed by atoms with E-state index in [0.29, 0.717) is 16.4 Å². The van der Waals surface area contributed by atoms with Crippen molar-refractivity contribution in [3.05, 3.63) is 71.4 Å². The molecule has 1 aromatic carbocycles. The smallest absolute Gasteiger partial charge is 0.154 e. The van der Waals surface area contributed by atoms with Crippen LogP contribution in [0.1, 0.15) is 11.4 Å². The molecule has 6 heteroatoms. The molecule has 3 aromatic rings. The number of dihydropyridines is 1. The van der Waals surface area contributed by atoms with E-state index in [-0.39, 0.29) is 0 Å². The van der Waals surface area contributed by atoms with Gasteiger partial charge < -0.3 is 15.4 Å². The highest BCUT2D eigenvalue weighted by atomic mass is 35.5. The van der Waals surface area contributed by atoms with Gasteiger partial charge in [0.15, 0.2) is 6.23 Å². The molecule has 1 aliphatic heterocycles. The molecule has 0 aliphatic carbocycles. The zero-order valence-corrected chi connectivity index (χ0v) is 12.7. The minimum atomic E-state index is -0.823. The van der Waals surface area contributed by atoms with Gasteiger partial charge in [-0.3, -0.25) is 4.98 Å². The third-order valence-electron chi connectivity index (χ3n) is 3.73. The van der Waals surface area contributed by atoms with Crippen LogP contribution in [-0.4, -0.2) is 26.3 Å². The Morgan fingerprint density at radius 3 is 2.78 bits per heavy atom. The number of H-pyrrole nitrogens is 1. The van der Waals surface area contributed by atoms with Crippen LogP contribution in [0.15, 0.2) is 55.0 Å². The van der Waals surface area contributed by atoms with Gasteiger partial charge in [0.05, 0.1) is 11.0 Å². The van der Waals surface area contributed by atoms with Crippen LogP contribution in [0.3, 0.4) is 0 Å². The first-order valence-electron chi connectivity index (χ1n) is 7.12. The van der Waals surface area contributed by atoms with E-state index in [2.05, 4.69) is 20.3 Å². The van der Waals surface area contributed by atoms with Crippen molar-refractivity contribution in [1.82, 2.24) is 20.3 Å². The van der Waals surface area contributed by atoms with Crippen LogP contribution in [0.4, 0.5) is 0 Å². The zero-order chi connectivity index (χ0) is 15.8. The van der Waals surface area contributed by atoms with Gasteiger partial charge in [-0.1, -0.05) is 11.6 Å². The Hall–Kier alpha value is -2.63. The number of allylic oxidation sites excluding steroid dienone is 2. The molecule has 0 spiro atoms. The normalized spacial score (nSPS) is 17.6. The van der Waals surface area contributed by atoms with Crippen LogP contribution in [0.2, 0.25) is 5.02 Å². The molecule has 0 fully saturated rings. The number of halogens is 1. The molecule has 114 valence electrons. The second-order valence-electron chi connectivity index (χ2n) is 5.25. The molecule has 0 bridgehead atoms. The van der Waals surface area contributed by atoms with E-state index in [1.807, 2.05) is 30.3 Å². The van der Waals surface area contributed by atoms with E-state index in [1.165, 1.54) is 0 Å². The Morgan fingerprint density at radius 1 is 1.13 bits per heavy atom. The van der Waals surface area contributed by atoms with Crippen LogP contribution in [-0.2, 0) is 0 Å². The molecule has 5 nitrogen and oxygen atoms in total. The highest BCUT2D eigenvalue weighted by molar-refractivity contribution is 6.31. The second kappa shape index (κ2) is 5.53. The van der Waals surface area contributed by atoms with Gasteiger partial charge in [0.25, 0.3) is 0 Å². The van der Waals surface area contributed by atoms with Crippen molar-refractivity contribution >= 4 is 33.8 Å². The molecular formula is C17H13ClN4O. The maximum absolute atomic E-state index is 10.2. The summed E-state index contributed by atoms with van der Waals surface area (Å²) in [4.78, 5) is 11.8. The van der Waals surface area contributed by atoms with Gasteiger partial charge in [0.2, 0.25) is 0 Å². The van der Waals surface area contributed by atoms with Crippen molar-refractivity contribution in [3.8, 4) is 0 Å². The third-order valence-corrected chi connectivity index (χ3v) is 3.97. The molecule has 0 saturated heterocycles. The summed E-state index contributed by atoms with van der Waals surface area (Å²) in [7, 11) is 0. The monoisotopic (exact) mass is 324 g/mol. The number of benzene rings is 1. The van der Waals surface area contributed by atoms with E-state index >= 15 is 0 Å². The number of imidazole rings is 1.